The third-order valence-electron chi connectivity index (χ3n) is 4.38. The minimum atomic E-state index is -0.296. The van der Waals surface area contributed by atoms with Gasteiger partial charge in [0.15, 0.2) is 0 Å². The Morgan fingerprint density at radius 3 is 2.76 bits per heavy atom. The largest absolute Gasteiger partial charge is 0.394 e. The maximum Gasteiger partial charge on any atom is 0.315 e. The Bertz CT molecular complexity index is 666. The number of hydrogen-bond donors (Lipinski definition) is 3. The first-order valence-electron chi connectivity index (χ1n) is 8.62. The van der Waals surface area contributed by atoms with Crippen molar-refractivity contribution in [3.63, 3.8) is 0 Å². The number of aliphatic hydroxyl groups excluding tert-OH is 1. The molecule has 2 heterocycles. The number of nitrogens with zero attached hydrogens (tertiary/aromatic N) is 2. The zero-order valence-corrected chi connectivity index (χ0v) is 14.1. The number of hydrogen-bond acceptors (Lipinski definition) is 4. The van der Waals surface area contributed by atoms with Gasteiger partial charge in [0.2, 0.25) is 0 Å². The number of carbonyl (C=O) groups is 1. The van der Waals surface area contributed by atoms with E-state index in [0.717, 1.165) is 30.9 Å². The van der Waals surface area contributed by atoms with Crippen LogP contribution in [0.15, 0.2) is 54.7 Å². The lowest BCUT2D eigenvalue weighted by Gasteiger charge is -2.20. The molecule has 25 heavy (non-hydrogen) atoms. The van der Waals surface area contributed by atoms with E-state index in [9.17, 15) is 9.90 Å². The van der Waals surface area contributed by atoms with Crippen molar-refractivity contribution < 1.29 is 9.90 Å². The van der Waals surface area contributed by atoms with Crippen molar-refractivity contribution in [1.29, 1.82) is 0 Å². The van der Waals surface area contributed by atoms with Gasteiger partial charge in [0.1, 0.15) is 5.82 Å². The lowest BCUT2D eigenvalue weighted by molar-refractivity contribution is 0.213. The van der Waals surface area contributed by atoms with Crippen LogP contribution in [0.3, 0.4) is 0 Å². The number of anilines is 1. The Kier molecular flexibility index (Phi) is 5.85. The number of nitrogens with one attached hydrogen (secondary N) is 2. The second kappa shape index (κ2) is 8.48. The predicted molar refractivity (Wildman–Crippen MR) is 97.5 cm³/mol. The summed E-state index contributed by atoms with van der Waals surface area (Å²) in [5.74, 6) is 0.935. The summed E-state index contributed by atoms with van der Waals surface area (Å²) in [6, 6.07) is 15.2. The third-order valence-corrected chi connectivity index (χ3v) is 4.38. The van der Waals surface area contributed by atoms with Gasteiger partial charge < -0.3 is 20.6 Å². The average molecular weight is 340 g/mol. The van der Waals surface area contributed by atoms with Gasteiger partial charge in [-0.3, -0.25) is 0 Å². The van der Waals surface area contributed by atoms with E-state index in [1.54, 1.807) is 6.20 Å². The molecule has 1 aliphatic rings. The molecule has 1 aromatic carbocycles. The van der Waals surface area contributed by atoms with E-state index in [4.69, 9.17) is 0 Å². The van der Waals surface area contributed by atoms with Gasteiger partial charge in [-0.25, -0.2) is 9.78 Å². The van der Waals surface area contributed by atoms with Gasteiger partial charge in [-0.2, -0.15) is 0 Å². The van der Waals surface area contributed by atoms with Gasteiger partial charge in [-0.1, -0.05) is 36.4 Å². The fraction of sp³-hybridized carbons (Fsp3) is 0.368. The van der Waals surface area contributed by atoms with Crippen LogP contribution in [0.5, 0.6) is 0 Å². The highest BCUT2D eigenvalue weighted by atomic mass is 16.3. The number of benzene rings is 1. The number of carbonyl (C=O) groups excluding carboxylic acids is 1. The first kappa shape index (κ1) is 17.2. The molecule has 1 aliphatic heterocycles. The van der Waals surface area contributed by atoms with E-state index in [0.29, 0.717) is 6.42 Å². The van der Waals surface area contributed by atoms with Gasteiger partial charge in [0.05, 0.1) is 12.6 Å². The second-order valence-electron chi connectivity index (χ2n) is 6.31. The maximum atomic E-state index is 12.2. The van der Waals surface area contributed by atoms with Crippen LogP contribution in [0.25, 0.3) is 0 Å². The highest BCUT2D eigenvalue weighted by molar-refractivity contribution is 5.74. The van der Waals surface area contributed by atoms with E-state index in [1.165, 1.54) is 0 Å². The van der Waals surface area contributed by atoms with Crippen LogP contribution >= 0.6 is 0 Å². The molecular formula is C19H24N4O2. The highest BCUT2D eigenvalue weighted by Crippen LogP contribution is 2.17. The van der Waals surface area contributed by atoms with Gasteiger partial charge in [0.25, 0.3) is 0 Å². The van der Waals surface area contributed by atoms with Crippen molar-refractivity contribution in [1.82, 2.24) is 15.6 Å². The zero-order valence-electron chi connectivity index (χ0n) is 14.1. The molecule has 0 unspecified atom stereocenters. The van der Waals surface area contributed by atoms with Crippen molar-refractivity contribution >= 4 is 11.8 Å². The molecule has 1 aromatic heterocycles. The molecule has 3 N–H and O–H groups in total. The molecule has 0 saturated carbocycles. The summed E-state index contributed by atoms with van der Waals surface area (Å²) < 4.78 is 0. The van der Waals surface area contributed by atoms with Crippen LogP contribution in [0.2, 0.25) is 0 Å². The van der Waals surface area contributed by atoms with Gasteiger partial charge in [-0.05, 0) is 30.5 Å². The summed E-state index contributed by atoms with van der Waals surface area (Å²) in [7, 11) is 0. The van der Waals surface area contributed by atoms with Crippen molar-refractivity contribution in [3.05, 3.63) is 60.3 Å². The summed E-state index contributed by atoms with van der Waals surface area (Å²) in [6.45, 7) is 1.52. The first-order chi connectivity index (χ1) is 12.2. The first-order valence-corrected chi connectivity index (χ1v) is 8.62. The molecule has 1 fully saturated rings. The van der Waals surface area contributed by atoms with E-state index in [-0.39, 0.29) is 24.7 Å². The molecule has 2 amide bonds. The van der Waals surface area contributed by atoms with Crippen LogP contribution in [0.4, 0.5) is 10.6 Å². The van der Waals surface area contributed by atoms with Crippen LogP contribution in [0.1, 0.15) is 12.0 Å². The molecule has 3 rings (SSSR count). The number of pyridine rings is 1. The Labute approximate surface area is 147 Å². The normalized spacial score (nSPS) is 18.0. The number of aromatic nitrogens is 1. The second-order valence-corrected chi connectivity index (χ2v) is 6.31. The fourth-order valence-electron chi connectivity index (χ4n) is 3.10. The summed E-state index contributed by atoms with van der Waals surface area (Å²) in [4.78, 5) is 18.7. The summed E-state index contributed by atoms with van der Waals surface area (Å²) in [5, 5.41) is 15.4. The van der Waals surface area contributed by atoms with Crippen LogP contribution in [0, 0.1) is 0 Å². The molecule has 6 nitrogen and oxygen atoms in total. The molecule has 0 radical (unpaired) electrons. The van der Waals surface area contributed by atoms with Crippen molar-refractivity contribution in [2.75, 3.05) is 24.6 Å². The van der Waals surface area contributed by atoms with Crippen LogP contribution in [-0.4, -0.2) is 47.9 Å². The lowest BCUT2D eigenvalue weighted by Crippen LogP contribution is -2.48. The third kappa shape index (κ3) is 4.93. The van der Waals surface area contributed by atoms with E-state index in [1.807, 2.05) is 48.5 Å². The molecule has 1 saturated heterocycles. The smallest absolute Gasteiger partial charge is 0.315 e. The number of aliphatic hydroxyl groups is 1. The Balaban J connectivity index is 1.47. The number of rotatable bonds is 6. The zero-order chi connectivity index (χ0) is 17.5. The Hall–Kier alpha value is -2.60. The summed E-state index contributed by atoms with van der Waals surface area (Å²) in [6.07, 6.45) is 3.26. The molecular weight excluding hydrogens is 316 g/mol. The Morgan fingerprint density at radius 2 is 2.04 bits per heavy atom. The van der Waals surface area contributed by atoms with Crippen LogP contribution in [-0.2, 0) is 6.42 Å². The summed E-state index contributed by atoms with van der Waals surface area (Å²) >= 11 is 0. The standard InChI is InChI=1S/C19H24N4O2/c24-14-17(12-15-6-2-1-3-7-15)22-19(25)21-16-9-11-23(13-16)18-8-4-5-10-20-18/h1-8,10,16-17,24H,9,11-14H2,(H2,21,22,25)/t16-,17-/m0/s1. The lowest BCUT2D eigenvalue weighted by atomic mass is 10.1. The maximum absolute atomic E-state index is 12.2. The highest BCUT2D eigenvalue weighted by Gasteiger charge is 2.25. The molecule has 132 valence electrons. The molecule has 0 bridgehead atoms. The SMILES string of the molecule is O=C(N[C@H](CO)Cc1ccccc1)N[C@H]1CCN(c2ccccn2)C1. The number of urea groups is 1. The molecule has 2 aromatic rings. The van der Waals surface area contributed by atoms with Gasteiger partial charge in [-0.15, -0.1) is 0 Å². The van der Waals surface area contributed by atoms with E-state index >= 15 is 0 Å². The minimum absolute atomic E-state index is 0.0816. The molecule has 2 atom stereocenters. The number of amides is 2. The van der Waals surface area contributed by atoms with Crippen molar-refractivity contribution in [2.45, 2.75) is 24.9 Å². The van der Waals surface area contributed by atoms with Crippen LogP contribution < -0.4 is 15.5 Å². The topological polar surface area (TPSA) is 77.5 Å². The van der Waals surface area contributed by atoms with Crippen molar-refractivity contribution in [2.24, 2.45) is 0 Å². The van der Waals surface area contributed by atoms with Gasteiger partial charge >= 0.3 is 6.03 Å². The Morgan fingerprint density at radius 1 is 1.24 bits per heavy atom. The predicted octanol–water partition coefficient (Wildman–Crippen LogP) is 1.56. The summed E-state index contributed by atoms with van der Waals surface area (Å²) in [5.41, 5.74) is 1.09. The minimum Gasteiger partial charge on any atom is -0.394 e. The molecule has 0 aliphatic carbocycles. The monoisotopic (exact) mass is 340 g/mol. The average Bonchev–Trinajstić information content (AvgIpc) is 3.11. The molecule has 0 spiro atoms. The fourth-order valence-corrected chi connectivity index (χ4v) is 3.10. The quantitative estimate of drug-likeness (QED) is 0.746. The van der Waals surface area contributed by atoms with Gasteiger partial charge in [0, 0.05) is 25.3 Å². The van der Waals surface area contributed by atoms with E-state index in [2.05, 4.69) is 20.5 Å². The van der Waals surface area contributed by atoms with Crippen molar-refractivity contribution in [3.8, 4) is 0 Å². The molecule has 6 heteroatoms. The van der Waals surface area contributed by atoms with E-state index < -0.39 is 0 Å².